The molecule has 7 heteroatoms. The Morgan fingerprint density at radius 3 is 2.47 bits per heavy atom. The summed E-state index contributed by atoms with van der Waals surface area (Å²) >= 11 is 2.87. The van der Waals surface area contributed by atoms with Crippen molar-refractivity contribution in [2.75, 3.05) is 5.73 Å². The minimum Gasteiger partial charge on any atom is -0.382 e. The van der Waals surface area contributed by atoms with Crippen LogP contribution in [0.15, 0.2) is 28.7 Å². The largest absolute Gasteiger partial charge is 0.417 e. The van der Waals surface area contributed by atoms with Gasteiger partial charge in [-0.3, -0.25) is 5.10 Å². The van der Waals surface area contributed by atoms with E-state index in [-0.39, 0.29) is 10.3 Å². The van der Waals surface area contributed by atoms with E-state index in [4.69, 9.17) is 5.73 Å². The van der Waals surface area contributed by atoms with Crippen LogP contribution in [0.5, 0.6) is 0 Å². The predicted octanol–water partition coefficient (Wildman–Crippen LogP) is 3.44. The molecule has 90 valence electrons. The van der Waals surface area contributed by atoms with Crippen LogP contribution < -0.4 is 5.73 Å². The molecule has 0 unspecified atom stereocenters. The first kappa shape index (κ1) is 12.0. The molecule has 1 aromatic carbocycles. The minimum atomic E-state index is -4.40. The topological polar surface area (TPSA) is 54.7 Å². The van der Waals surface area contributed by atoms with Gasteiger partial charge >= 0.3 is 6.18 Å². The fourth-order valence-electron chi connectivity index (χ4n) is 1.40. The third-order valence-corrected chi connectivity index (χ3v) is 2.87. The van der Waals surface area contributed by atoms with Gasteiger partial charge in [-0.05, 0) is 12.1 Å². The van der Waals surface area contributed by atoms with Gasteiger partial charge in [0.05, 0.1) is 11.3 Å². The Labute approximate surface area is 103 Å². The highest BCUT2D eigenvalue weighted by atomic mass is 79.9. The number of nitrogens with one attached hydrogen (secondary N) is 1. The Balaban J connectivity index is 2.51. The summed E-state index contributed by atoms with van der Waals surface area (Å²) in [6.45, 7) is 0. The number of rotatable bonds is 1. The van der Waals surface area contributed by atoms with E-state index in [2.05, 4.69) is 26.1 Å². The molecule has 0 bridgehead atoms. The molecule has 0 amide bonds. The first-order valence-electron chi connectivity index (χ1n) is 4.56. The SMILES string of the molecule is Nc1cc(-c2ccc(Br)c(C(F)(F)F)c2)[nH]n1. The second kappa shape index (κ2) is 4.06. The lowest BCUT2D eigenvalue weighted by molar-refractivity contribution is -0.138. The third-order valence-electron chi connectivity index (χ3n) is 2.18. The summed E-state index contributed by atoms with van der Waals surface area (Å²) in [7, 11) is 0. The highest BCUT2D eigenvalue weighted by Gasteiger charge is 2.33. The summed E-state index contributed by atoms with van der Waals surface area (Å²) < 4.78 is 38.0. The zero-order valence-corrected chi connectivity index (χ0v) is 9.93. The van der Waals surface area contributed by atoms with E-state index in [0.29, 0.717) is 11.3 Å². The Morgan fingerprint density at radius 2 is 1.94 bits per heavy atom. The number of hydrogen-bond donors (Lipinski definition) is 2. The molecule has 0 aliphatic rings. The van der Waals surface area contributed by atoms with Crippen LogP contribution in [-0.2, 0) is 6.18 Å². The Bertz CT molecular complexity index is 548. The van der Waals surface area contributed by atoms with Crippen molar-refractivity contribution in [3.05, 3.63) is 34.3 Å². The number of alkyl halides is 3. The van der Waals surface area contributed by atoms with E-state index in [9.17, 15) is 13.2 Å². The third kappa shape index (κ3) is 2.44. The zero-order chi connectivity index (χ0) is 12.6. The number of nitrogens with zero attached hydrogens (tertiary/aromatic N) is 1. The number of aromatic nitrogens is 2. The minimum absolute atomic E-state index is 0.00115. The van der Waals surface area contributed by atoms with Crippen LogP contribution in [0, 0.1) is 0 Å². The van der Waals surface area contributed by atoms with Crippen LogP contribution >= 0.6 is 15.9 Å². The quantitative estimate of drug-likeness (QED) is 0.848. The summed E-state index contributed by atoms with van der Waals surface area (Å²) in [6, 6.07) is 5.40. The summed E-state index contributed by atoms with van der Waals surface area (Å²) in [5.41, 5.74) is 5.49. The van der Waals surface area contributed by atoms with Crippen molar-refractivity contribution in [2.45, 2.75) is 6.18 Å². The molecule has 0 saturated carbocycles. The molecule has 0 saturated heterocycles. The monoisotopic (exact) mass is 305 g/mol. The van der Waals surface area contributed by atoms with Crippen molar-refractivity contribution in [2.24, 2.45) is 0 Å². The molecule has 17 heavy (non-hydrogen) atoms. The first-order valence-corrected chi connectivity index (χ1v) is 5.35. The summed E-state index contributed by atoms with van der Waals surface area (Å²) in [5, 5.41) is 6.23. The number of H-pyrrole nitrogens is 1. The van der Waals surface area contributed by atoms with E-state index >= 15 is 0 Å². The second-order valence-electron chi connectivity index (χ2n) is 3.40. The van der Waals surface area contributed by atoms with Crippen molar-refractivity contribution in [1.29, 1.82) is 0 Å². The van der Waals surface area contributed by atoms with Gasteiger partial charge in [0.15, 0.2) is 0 Å². The fourth-order valence-corrected chi connectivity index (χ4v) is 1.87. The molecule has 0 aliphatic carbocycles. The summed E-state index contributed by atoms with van der Waals surface area (Å²) in [4.78, 5) is 0. The number of aromatic amines is 1. The average molecular weight is 306 g/mol. The molecule has 0 radical (unpaired) electrons. The molecule has 0 spiro atoms. The number of anilines is 1. The molecular formula is C10H7BrF3N3. The van der Waals surface area contributed by atoms with Crippen molar-refractivity contribution in [1.82, 2.24) is 10.2 Å². The van der Waals surface area contributed by atoms with E-state index in [1.165, 1.54) is 12.1 Å². The number of nitrogens with two attached hydrogens (primary N) is 1. The number of nitrogen functional groups attached to an aromatic ring is 1. The van der Waals surface area contributed by atoms with Gasteiger partial charge in [0.1, 0.15) is 5.82 Å². The van der Waals surface area contributed by atoms with E-state index < -0.39 is 11.7 Å². The van der Waals surface area contributed by atoms with Crippen molar-refractivity contribution < 1.29 is 13.2 Å². The van der Waals surface area contributed by atoms with Crippen LogP contribution in [0.25, 0.3) is 11.3 Å². The molecule has 2 rings (SSSR count). The first-order chi connectivity index (χ1) is 7.88. The molecule has 3 N–H and O–H groups in total. The van der Waals surface area contributed by atoms with Crippen LogP contribution in [0.4, 0.5) is 19.0 Å². The van der Waals surface area contributed by atoms with Crippen molar-refractivity contribution in [3.63, 3.8) is 0 Å². The molecule has 1 aromatic heterocycles. The van der Waals surface area contributed by atoms with Gasteiger partial charge in [-0.15, -0.1) is 0 Å². The number of benzene rings is 1. The van der Waals surface area contributed by atoms with E-state index in [1.54, 1.807) is 6.07 Å². The summed E-state index contributed by atoms with van der Waals surface area (Å²) in [5.74, 6) is 0.233. The lowest BCUT2D eigenvalue weighted by Crippen LogP contribution is -2.06. The zero-order valence-electron chi connectivity index (χ0n) is 8.35. The highest BCUT2D eigenvalue weighted by molar-refractivity contribution is 9.10. The molecule has 3 nitrogen and oxygen atoms in total. The maximum atomic E-state index is 12.7. The Morgan fingerprint density at radius 1 is 1.24 bits per heavy atom. The number of halogens is 4. The summed E-state index contributed by atoms with van der Waals surface area (Å²) in [6.07, 6.45) is -4.40. The molecule has 0 aliphatic heterocycles. The fraction of sp³-hybridized carbons (Fsp3) is 0.100. The molecule has 2 aromatic rings. The average Bonchev–Trinajstić information content (AvgIpc) is 2.64. The second-order valence-corrected chi connectivity index (χ2v) is 4.25. The molecular weight excluding hydrogens is 299 g/mol. The van der Waals surface area contributed by atoms with Gasteiger partial charge in [-0.25, -0.2) is 0 Å². The maximum absolute atomic E-state index is 12.7. The molecule has 1 heterocycles. The Kier molecular flexibility index (Phi) is 2.86. The van der Waals surface area contributed by atoms with Crippen molar-refractivity contribution in [3.8, 4) is 11.3 Å². The smallest absolute Gasteiger partial charge is 0.382 e. The molecule has 0 atom stereocenters. The van der Waals surface area contributed by atoms with Crippen molar-refractivity contribution >= 4 is 21.7 Å². The van der Waals surface area contributed by atoms with E-state index in [0.717, 1.165) is 6.07 Å². The van der Waals surface area contributed by atoms with Gasteiger partial charge < -0.3 is 5.73 Å². The maximum Gasteiger partial charge on any atom is 0.417 e. The van der Waals surface area contributed by atoms with E-state index in [1.807, 2.05) is 0 Å². The van der Waals surface area contributed by atoms with Crippen LogP contribution in [-0.4, -0.2) is 10.2 Å². The standard InChI is InChI=1S/C10H7BrF3N3/c11-7-2-1-5(3-6(7)10(12,13)14)8-4-9(15)17-16-8/h1-4H,(H3,15,16,17). The van der Waals surface area contributed by atoms with Crippen LogP contribution in [0.3, 0.4) is 0 Å². The Hall–Kier alpha value is -1.50. The normalized spacial score (nSPS) is 11.8. The van der Waals surface area contributed by atoms with Crippen LogP contribution in [0.1, 0.15) is 5.56 Å². The highest BCUT2D eigenvalue weighted by Crippen LogP contribution is 2.37. The van der Waals surface area contributed by atoms with Gasteiger partial charge in [0.2, 0.25) is 0 Å². The lowest BCUT2D eigenvalue weighted by Gasteiger charge is -2.10. The van der Waals surface area contributed by atoms with Gasteiger partial charge in [-0.2, -0.15) is 18.3 Å². The predicted molar refractivity (Wildman–Crippen MR) is 61.1 cm³/mol. The van der Waals surface area contributed by atoms with Gasteiger partial charge in [0, 0.05) is 16.1 Å². The molecule has 0 fully saturated rings. The lowest BCUT2D eigenvalue weighted by atomic mass is 10.1. The van der Waals surface area contributed by atoms with Gasteiger partial charge in [-0.1, -0.05) is 22.0 Å². The van der Waals surface area contributed by atoms with Gasteiger partial charge in [0.25, 0.3) is 0 Å². The number of hydrogen-bond acceptors (Lipinski definition) is 2. The van der Waals surface area contributed by atoms with Crippen LogP contribution in [0.2, 0.25) is 0 Å².